The average Bonchev–Trinajstić information content (AvgIpc) is 3.17. The first-order chi connectivity index (χ1) is 14.3. The van der Waals surface area contributed by atoms with Crippen LogP contribution in [0.4, 0.5) is 5.13 Å². The number of sulfonamides is 1. The number of carbonyl (C=O) groups excluding carboxylic acids is 1. The molecule has 0 fully saturated rings. The summed E-state index contributed by atoms with van der Waals surface area (Å²) in [5.41, 5.74) is 2.01. The molecule has 2 aromatic carbocycles. The second kappa shape index (κ2) is 9.59. The van der Waals surface area contributed by atoms with Crippen LogP contribution in [0.15, 0.2) is 58.8 Å². The van der Waals surface area contributed by atoms with E-state index in [-0.39, 0.29) is 15.9 Å². The Hall–Kier alpha value is -2.42. The highest BCUT2D eigenvalue weighted by atomic mass is 35.5. The van der Waals surface area contributed by atoms with Gasteiger partial charge in [0.05, 0.1) is 16.5 Å². The molecule has 2 N–H and O–H groups in total. The molecule has 1 amide bonds. The summed E-state index contributed by atoms with van der Waals surface area (Å²) in [6.07, 6.45) is 0.546. The molecule has 1 atom stereocenters. The summed E-state index contributed by atoms with van der Waals surface area (Å²) < 4.78 is 28.0. The Morgan fingerprint density at radius 3 is 2.60 bits per heavy atom. The second-order valence-electron chi connectivity index (χ2n) is 6.71. The van der Waals surface area contributed by atoms with Crippen molar-refractivity contribution in [3.05, 3.63) is 75.8 Å². The number of aromatic nitrogens is 1. The standard InChI is InChI=1S/C21H22ClN3O3S2/c1-3-16(20(26)23-12-15-8-5-4-6-9-15)18-13-29-21(24-18)25-30(27,28)19-11-7-10-17(22)14(19)2/h4-11,13,16H,3,12H2,1-2H3,(H,23,26)(H,24,25). The number of anilines is 1. The summed E-state index contributed by atoms with van der Waals surface area (Å²) in [7, 11) is -3.84. The van der Waals surface area contributed by atoms with Gasteiger partial charge in [-0.25, -0.2) is 13.4 Å². The lowest BCUT2D eigenvalue weighted by Crippen LogP contribution is -2.28. The van der Waals surface area contributed by atoms with Gasteiger partial charge in [-0.1, -0.05) is 54.9 Å². The Kier molecular flexibility index (Phi) is 7.12. The second-order valence-corrected chi connectivity index (χ2v) is 9.63. The van der Waals surface area contributed by atoms with Gasteiger partial charge in [0, 0.05) is 16.9 Å². The molecule has 9 heteroatoms. The molecule has 0 spiro atoms. The molecule has 1 unspecified atom stereocenters. The fourth-order valence-electron chi connectivity index (χ4n) is 2.98. The van der Waals surface area contributed by atoms with Crippen LogP contribution in [-0.2, 0) is 21.4 Å². The lowest BCUT2D eigenvalue weighted by Gasteiger charge is -2.13. The summed E-state index contributed by atoms with van der Waals surface area (Å²) in [5.74, 6) is -0.608. The molecule has 0 aliphatic heterocycles. The highest BCUT2D eigenvalue weighted by Crippen LogP contribution is 2.28. The van der Waals surface area contributed by atoms with Crippen LogP contribution in [0, 0.1) is 6.92 Å². The van der Waals surface area contributed by atoms with Crippen LogP contribution >= 0.6 is 22.9 Å². The van der Waals surface area contributed by atoms with E-state index in [1.807, 2.05) is 37.3 Å². The predicted molar refractivity (Wildman–Crippen MR) is 120 cm³/mol. The first-order valence-electron chi connectivity index (χ1n) is 9.36. The average molecular weight is 464 g/mol. The van der Waals surface area contributed by atoms with E-state index in [9.17, 15) is 13.2 Å². The summed E-state index contributed by atoms with van der Waals surface area (Å²) in [4.78, 5) is 17.1. The third kappa shape index (κ3) is 5.19. The number of hydrogen-bond acceptors (Lipinski definition) is 5. The fourth-order valence-corrected chi connectivity index (χ4v) is 5.49. The smallest absolute Gasteiger partial charge is 0.263 e. The predicted octanol–water partition coefficient (Wildman–Crippen LogP) is 4.72. The van der Waals surface area contributed by atoms with Crippen molar-refractivity contribution in [1.29, 1.82) is 0 Å². The maximum Gasteiger partial charge on any atom is 0.263 e. The minimum Gasteiger partial charge on any atom is -0.351 e. The van der Waals surface area contributed by atoms with Crippen LogP contribution in [0.1, 0.15) is 36.1 Å². The molecular formula is C21H22ClN3O3S2. The van der Waals surface area contributed by atoms with Gasteiger partial charge in [0.2, 0.25) is 5.91 Å². The number of thiazole rings is 1. The first-order valence-corrected chi connectivity index (χ1v) is 12.1. The number of nitrogens with zero attached hydrogens (tertiary/aromatic N) is 1. The van der Waals surface area contributed by atoms with Gasteiger partial charge in [0.25, 0.3) is 10.0 Å². The normalized spacial score (nSPS) is 12.4. The highest BCUT2D eigenvalue weighted by molar-refractivity contribution is 7.93. The summed E-state index contributed by atoms with van der Waals surface area (Å²) in [6, 6.07) is 14.3. The van der Waals surface area contributed by atoms with Gasteiger partial charge >= 0.3 is 0 Å². The van der Waals surface area contributed by atoms with Gasteiger partial charge in [-0.05, 0) is 36.6 Å². The first kappa shape index (κ1) is 22.3. The van der Waals surface area contributed by atoms with E-state index < -0.39 is 15.9 Å². The van der Waals surface area contributed by atoms with E-state index in [1.165, 1.54) is 6.07 Å². The number of benzene rings is 2. The topological polar surface area (TPSA) is 88.2 Å². The van der Waals surface area contributed by atoms with E-state index >= 15 is 0 Å². The number of rotatable bonds is 8. The minimum absolute atomic E-state index is 0.0967. The molecule has 0 aliphatic carbocycles. The Morgan fingerprint density at radius 1 is 1.17 bits per heavy atom. The van der Waals surface area contributed by atoms with Crippen LogP contribution in [0.25, 0.3) is 0 Å². The molecule has 6 nitrogen and oxygen atoms in total. The van der Waals surface area contributed by atoms with Gasteiger partial charge in [0.15, 0.2) is 5.13 Å². The Balaban J connectivity index is 1.72. The number of halogens is 1. The monoisotopic (exact) mass is 463 g/mol. The molecule has 0 aliphatic rings. The molecule has 0 radical (unpaired) electrons. The molecule has 0 saturated heterocycles. The molecule has 158 valence electrons. The van der Waals surface area contributed by atoms with Gasteiger partial charge in [-0.2, -0.15) is 0 Å². The van der Waals surface area contributed by atoms with E-state index in [0.717, 1.165) is 16.9 Å². The van der Waals surface area contributed by atoms with Gasteiger partial charge in [0.1, 0.15) is 0 Å². The van der Waals surface area contributed by atoms with E-state index in [1.54, 1.807) is 24.4 Å². The van der Waals surface area contributed by atoms with Crippen molar-refractivity contribution in [1.82, 2.24) is 10.3 Å². The lowest BCUT2D eigenvalue weighted by atomic mass is 10.0. The zero-order valence-electron chi connectivity index (χ0n) is 16.6. The van der Waals surface area contributed by atoms with Gasteiger partial charge in [-0.3, -0.25) is 9.52 Å². The zero-order valence-corrected chi connectivity index (χ0v) is 18.9. The minimum atomic E-state index is -3.84. The fraction of sp³-hybridized carbons (Fsp3) is 0.238. The van der Waals surface area contributed by atoms with Crippen molar-refractivity contribution in [2.45, 2.75) is 37.6 Å². The van der Waals surface area contributed by atoms with Crippen molar-refractivity contribution in [3.63, 3.8) is 0 Å². The molecule has 0 bridgehead atoms. The molecule has 1 heterocycles. The largest absolute Gasteiger partial charge is 0.351 e. The van der Waals surface area contributed by atoms with Crippen molar-refractivity contribution in [2.75, 3.05) is 4.72 Å². The zero-order chi connectivity index (χ0) is 21.7. The Bertz CT molecular complexity index is 1130. The number of hydrogen-bond donors (Lipinski definition) is 2. The number of amides is 1. The van der Waals surface area contributed by atoms with Crippen LogP contribution in [0.2, 0.25) is 5.02 Å². The molecule has 0 saturated carbocycles. The number of carbonyl (C=O) groups is 1. The van der Waals surface area contributed by atoms with Crippen molar-refractivity contribution < 1.29 is 13.2 Å². The summed E-state index contributed by atoms with van der Waals surface area (Å²) in [6.45, 7) is 3.97. The maximum atomic E-state index is 12.7. The quantitative estimate of drug-likeness (QED) is 0.506. The highest BCUT2D eigenvalue weighted by Gasteiger charge is 2.24. The van der Waals surface area contributed by atoms with Crippen molar-refractivity contribution in [2.24, 2.45) is 0 Å². The summed E-state index contributed by atoms with van der Waals surface area (Å²) >= 11 is 7.19. The summed E-state index contributed by atoms with van der Waals surface area (Å²) in [5, 5.41) is 5.21. The van der Waals surface area contributed by atoms with E-state index in [0.29, 0.717) is 29.2 Å². The van der Waals surface area contributed by atoms with Gasteiger partial charge in [-0.15, -0.1) is 11.3 Å². The third-order valence-corrected chi connectivity index (χ3v) is 7.44. The molecule has 30 heavy (non-hydrogen) atoms. The van der Waals surface area contributed by atoms with Gasteiger partial charge < -0.3 is 5.32 Å². The van der Waals surface area contributed by atoms with Crippen LogP contribution in [0.3, 0.4) is 0 Å². The lowest BCUT2D eigenvalue weighted by molar-refractivity contribution is -0.122. The van der Waals surface area contributed by atoms with E-state index in [4.69, 9.17) is 11.6 Å². The molecule has 3 rings (SSSR count). The van der Waals surface area contributed by atoms with E-state index in [2.05, 4.69) is 15.0 Å². The molecular weight excluding hydrogens is 442 g/mol. The number of nitrogens with one attached hydrogen (secondary N) is 2. The van der Waals surface area contributed by atoms with Crippen molar-refractivity contribution >= 4 is 44.0 Å². The SMILES string of the molecule is CCC(C(=O)NCc1ccccc1)c1csc(NS(=O)(=O)c2cccc(Cl)c2C)n1. The van der Waals surface area contributed by atoms with Crippen LogP contribution < -0.4 is 10.0 Å². The molecule has 3 aromatic rings. The molecule has 1 aromatic heterocycles. The Morgan fingerprint density at radius 2 is 1.90 bits per heavy atom. The Labute approximate surface area is 185 Å². The maximum absolute atomic E-state index is 12.7. The third-order valence-electron chi connectivity index (χ3n) is 4.64. The van der Waals surface area contributed by atoms with Crippen molar-refractivity contribution in [3.8, 4) is 0 Å². The van der Waals surface area contributed by atoms with Crippen LogP contribution in [0.5, 0.6) is 0 Å². The van der Waals surface area contributed by atoms with Crippen LogP contribution in [-0.4, -0.2) is 19.3 Å².